The molecule has 1 saturated heterocycles. The summed E-state index contributed by atoms with van der Waals surface area (Å²) in [4.78, 5) is 39.3. The molecular weight excluding hydrogens is 378 g/mol. The number of carbonyl (C=O) groups excluding carboxylic acids is 3. The van der Waals surface area contributed by atoms with Crippen molar-refractivity contribution < 1.29 is 14.4 Å². The number of hydrogen-bond acceptors (Lipinski definition) is 3. The third-order valence-corrected chi connectivity index (χ3v) is 5.15. The molecule has 6 heteroatoms. The third-order valence-electron chi connectivity index (χ3n) is 5.15. The second-order valence-corrected chi connectivity index (χ2v) is 7.60. The van der Waals surface area contributed by atoms with Crippen LogP contribution in [0.25, 0.3) is 17.0 Å². The summed E-state index contributed by atoms with van der Waals surface area (Å²) in [5.74, 6) is -1.31. The molecule has 1 aliphatic heterocycles. The van der Waals surface area contributed by atoms with Crippen LogP contribution in [0.15, 0.2) is 54.2 Å². The summed E-state index contributed by atoms with van der Waals surface area (Å²) in [6.45, 7) is 6.72. The monoisotopic (exact) mass is 401 g/mol. The predicted molar refractivity (Wildman–Crippen MR) is 117 cm³/mol. The lowest BCUT2D eigenvalue weighted by Crippen LogP contribution is -2.54. The zero-order valence-electron chi connectivity index (χ0n) is 17.2. The first-order chi connectivity index (χ1) is 14.4. The Morgan fingerprint density at radius 2 is 1.70 bits per heavy atom. The first-order valence-corrected chi connectivity index (χ1v) is 9.96. The summed E-state index contributed by atoms with van der Waals surface area (Å²) in [6.07, 6.45) is 4.48. The summed E-state index contributed by atoms with van der Waals surface area (Å²) >= 11 is 0. The smallest absolute Gasteiger partial charge is 0.335 e. The maximum absolute atomic E-state index is 13.2. The molecule has 1 aliphatic rings. The highest BCUT2D eigenvalue weighted by atomic mass is 16.2. The van der Waals surface area contributed by atoms with Gasteiger partial charge in [0.15, 0.2) is 0 Å². The molecule has 0 saturated carbocycles. The lowest BCUT2D eigenvalue weighted by molar-refractivity contribution is -0.122. The van der Waals surface area contributed by atoms with E-state index >= 15 is 0 Å². The van der Waals surface area contributed by atoms with Crippen LogP contribution >= 0.6 is 0 Å². The van der Waals surface area contributed by atoms with Gasteiger partial charge in [-0.3, -0.25) is 14.9 Å². The molecular formula is C24H23N3O3. The van der Waals surface area contributed by atoms with Crippen molar-refractivity contribution in [2.75, 3.05) is 4.90 Å². The van der Waals surface area contributed by atoms with Gasteiger partial charge in [0.05, 0.1) is 5.69 Å². The molecule has 0 bridgehead atoms. The Balaban J connectivity index is 1.81. The Bertz CT molecular complexity index is 1200. The summed E-state index contributed by atoms with van der Waals surface area (Å²) in [7, 11) is 0. The lowest BCUT2D eigenvalue weighted by atomic mass is 10.0. The van der Waals surface area contributed by atoms with Gasteiger partial charge in [-0.05, 0) is 55.7 Å². The van der Waals surface area contributed by atoms with Crippen LogP contribution in [0.4, 0.5) is 10.5 Å². The fourth-order valence-electron chi connectivity index (χ4n) is 3.94. The first kappa shape index (κ1) is 19.6. The number of aryl methyl sites for hydroxylation is 3. The van der Waals surface area contributed by atoms with Gasteiger partial charge in [-0.2, -0.15) is 0 Å². The Morgan fingerprint density at radius 1 is 1.00 bits per heavy atom. The normalized spacial score (nSPS) is 15.9. The van der Waals surface area contributed by atoms with Crippen LogP contribution < -0.4 is 10.2 Å². The van der Waals surface area contributed by atoms with Crippen LogP contribution in [0, 0.1) is 13.8 Å². The van der Waals surface area contributed by atoms with Gasteiger partial charge in [-0.25, -0.2) is 9.69 Å². The fraction of sp³-hybridized carbons (Fsp3) is 0.208. The maximum atomic E-state index is 13.2. The lowest BCUT2D eigenvalue weighted by Gasteiger charge is -2.26. The highest BCUT2D eigenvalue weighted by molar-refractivity contribution is 6.39. The molecule has 1 aromatic heterocycles. The van der Waals surface area contributed by atoms with Crippen LogP contribution in [0.2, 0.25) is 0 Å². The van der Waals surface area contributed by atoms with E-state index in [2.05, 4.69) is 16.8 Å². The molecule has 1 N–H and O–H groups in total. The molecule has 152 valence electrons. The molecule has 3 aromatic rings. The number of benzene rings is 2. The first-order valence-electron chi connectivity index (χ1n) is 9.96. The number of amides is 4. The van der Waals surface area contributed by atoms with Gasteiger partial charge < -0.3 is 4.57 Å². The summed E-state index contributed by atoms with van der Waals surface area (Å²) < 4.78 is 2.11. The molecule has 2 heterocycles. The Morgan fingerprint density at radius 3 is 2.40 bits per heavy atom. The molecule has 6 nitrogen and oxygen atoms in total. The van der Waals surface area contributed by atoms with E-state index in [-0.39, 0.29) is 5.57 Å². The van der Waals surface area contributed by atoms with Crippen molar-refractivity contribution in [3.63, 3.8) is 0 Å². The molecule has 1 fully saturated rings. The van der Waals surface area contributed by atoms with Gasteiger partial charge >= 0.3 is 6.03 Å². The van der Waals surface area contributed by atoms with Crippen molar-refractivity contribution in [1.82, 2.24) is 9.88 Å². The van der Waals surface area contributed by atoms with Crippen molar-refractivity contribution in [1.29, 1.82) is 0 Å². The van der Waals surface area contributed by atoms with E-state index in [1.165, 1.54) is 0 Å². The summed E-state index contributed by atoms with van der Waals surface area (Å²) in [5, 5.41) is 3.25. The SMILES string of the molecule is CCCn1cc(C=C2C(=O)NC(=O)N(c3cc(C)cc(C)c3)C2=O)c2ccccc21. The molecule has 0 radical (unpaired) electrons. The number of fused-ring (bicyclic) bond motifs is 1. The van der Waals surface area contributed by atoms with Crippen molar-refractivity contribution in [2.24, 2.45) is 0 Å². The van der Waals surface area contributed by atoms with Gasteiger partial charge in [0, 0.05) is 29.2 Å². The number of para-hydroxylation sites is 1. The molecule has 0 spiro atoms. The number of barbiturate groups is 1. The van der Waals surface area contributed by atoms with Crippen molar-refractivity contribution in [3.05, 3.63) is 70.9 Å². The van der Waals surface area contributed by atoms with Crippen LogP contribution in [-0.4, -0.2) is 22.4 Å². The van der Waals surface area contributed by atoms with E-state index in [9.17, 15) is 14.4 Å². The van der Waals surface area contributed by atoms with Crippen molar-refractivity contribution in [2.45, 2.75) is 33.7 Å². The topological polar surface area (TPSA) is 71.4 Å². The largest absolute Gasteiger partial charge is 0.347 e. The summed E-state index contributed by atoms with van der Waals surface area (Å²) in [6, 6.07) is 12.6. The Hall–Kier alpha value is -3.67. The van der Waals surface area contributed by atoms with Gasteiger partial charge in [0.25, 0.3) is 11.8 Å². The molecule has 0 aliphatic carbocycles. The van der Waals surface area contributed by atoms with Gasteiger partial charge in [-0.15, -0.1) is 0 Å². The van der Waals surface area contributed by atoms with E-state index in [4.69, 9.17) is 0 Å². The molecule has 4 amide bonds. The van der Waals surface area contributed by atoms with E-state index in [1.807, 2.05) is 50.4 Å². The quantitative estimate of drug-likeness (QED) is 0.522. The van der Waals surface area contributed by atoms with E-state index in [0.717, 1.165) is 45.5 Å². The zero-order valence-corrected chi connectivity index (χ0v) is 17.2. The van der Waals surface area contributed by atoms with Crippen molar-refractivity contribution in [3.8, 4) is 0 Å². The van der Waals surface area contributed by atoms with E-state index < -0.39 is 17.8 Å². The molecule has 0 atom stereocenters. The third kappa shape index (κ3) is 3.41. The number of hydrogen-bond donors (Lipinski definition) is 1. The second kappa shape index (κ2) is 7.63. The van der Waals surface area contributed by atoms with Gasteiger partial charge in [0.2, 0.25) is 0 Å². The fourth-order valence-corrected chi connectivity index (χ4v) is 3.94. The van der Waals surface area contributed by atoms with E-state index in [0.29, 0.717) is 5.69 Å². The number of urea groups is 1. The minimum Gasteiger partial charge on any atom is -0.347 e. The number of anilines is 1. The van der Waals surface area contributed by atoms with Gasteiger partial charge in [0.1, 0.15) is 5.57 Å². The summed E-state index contributed by atoms with van der Waals surface area (Å²) in [5.41, 5.74) is 4.05. The molecule has 2 aromatic carbocycles. The molecule has 0 unspecified atom stereocenters. The highest BCUT2D eigenvalue weighted by Crippen LogP contribution is 2.27. The van der Waals surface area contributed by atoms with Crippen LogP contribution in [0.3, 0.4) is 0 Å². The number of nitrogens with zero attached hydrogens (tertiary/aromatic N) is 2. The number of imide groups is 2. The second-order valence-electron chi connectivity index (χ2n) is 7.60. The van der Waals surface area contributed by atoms with Gasteiger partial charge in [-0.1, -0.05) is 31.2 Å². The Kier molecular flexibility index (Phi) is 4.99. The predicted octanol–water partition coefficient (Wildman–Crippen LogP) is 4.33. The number of carbonyl (C=O) groups is 3. The average molecular weight is 401 g/mol. The number of aromatic nitrogens is 1. The molecule has 30 heavy (non-hydrogen) atoms. The van der Waals surface area contributed by atoms with Crippen molar-refractivity contribution >= 4 is 40.5 Å². The number of rotatable bonds is 4. The maximum Gasteiger partial charge on any atom is 0.335 e. The van der Waals surface area contributed by atoms with Crippen LogP contribution in [0.5, 0.6) is 0 Å². The number of nitrogens with one attached hydrogen (secondary N) is 1. The molecule has 4 rings (SSSR count). The average Bonchev–Trinajstić information content (AvgIpc) is 3.02. The Labute approximate surface area is 174 Å². The van der Waals surface area contributed by atoms with Crippen LogP contribution in [-0.2, 0) is 16.1 Å². The highest BCUT2D eigenvalue weighted by Gasteiger charge is 2.37. The standard InChI is InChI=1S/C24H23N3O3/c1-4-9-26-14-17(19-7-5-6-8-21(19)26)13-20-22(28)25-24(30)27(23(20)29)18-11-15(2)10-16(3)12-18/h5-8,10-14H,4,9H2,1-3H3,(H,25,28,30). The minimum atomic E-state index is -0.736. The van der Waals surface area contributed by atoms with E-state index in [1.54, 1.807) is 18.2 Å². The zero-order chi connectivity index (χ0) is 21.4. The minimum absolute atomic E-state index is 0.0619. The van der Waals surface area contributed by atoms with Crippen LogP contribution in [0.1, 0.15) is 30.0 Å².